The van der Waals surface area contributed by atoms with E-state index in [0.717, 1.165) is 5.56 Å². The van der Waals surface area contributed by atoms with Crippen LogP contribution in [-0.2, 0) is 10.0 Å². The first-order chi connectivity index (χ1) is 16.4. The average Bonchev–Trinajstić information content (AvgIpc) is 2.85. The minimum atomic E-state index is -3.58. The van der Waals surface area contributed by atoms with Gasteiger partial charge in [-0.3, -0.25) is 4.79 Å². The molecule has 0 spiro atoms. The number of rotatable bonds is 10. The predicted octanol–water partition coefficient (Wildman–Crippen LogP) is 3.64. The van der Waals surface area contributed by atoms with Gasteiger partial charge in [0.2, 0.25) is 15.8 Å². The summed E-state index contributed by atoms with van der Waals surface area (Å²) in [5.41, 5.74) is 1.22. The van der Waals surface area contributed by atoms with Gasteiger partial charge in [0.15, 0.2) is 11.5 Å². The van der Waals surface area contributed by atoms with Crippen molar-refractivity contribution in [1.29, 1.82) is 0 Å². The van der Waals surface area contributed by atoms with Gasteiger partial charge in [-0.05, 0) is 44.5 Å². The molecule has 0 aromatic heterocycles. The van der Waals surface area contributed by atoms with Gasteiger partial charge < -0.3 is 19.1 Å². The van der Waals surface area contributed by atoms with Crippen molar-refractivity contribution in [3.8, 4) is 17.2 Å². The first kappa shape index (κ1) is 25.6. The fraction of sp³-hybridized carbons (Fsp3) is 0.400. The molecule has 0 bridgehead atoms. The highest BCUT2D eigenvalue weighted by molar-refractivity contribution is 7.92. The molecule has 0 saturated carbocycles. The minimum Gasteiger partial charge on any atom is -0.490 e. The fourth-order valence-electron chi connectivity index (χ4n) is 3.66. The Hall–Kier alpha value is -3.04. The van der Waals surface area contributed by atoms with Crippen molar-refractivity contribution in [2.75, 3.05) is 46.0 Å². The molecule has 1 aliphatic heterocycles. The summed E-state index contributed by atoms with van der Waals surface area (Å²) in [7, 11) is -3.58. The van der Waals surface area contributed by atoms with Crippen LogP contribution in [0.5, 0.6) is 17.2 Å². The van der Waals surface area contributed by atoms with E-state index in [1.165, 1.54) is 9.71 Å². The Morgan fingerprint density at radius 3 is 1.97 bits per heavy atom. The lowest BCUT2D eigenvalue weighted by atomic mass is 10.1. The van der Waals surface area contributed by atoms with Gasteiger partial charge in [0.25, 0.3) is 5.91 Å². The van der Waals surface area contributed by atoms with Crippen molar-refractivity contribution in [3.05, 3.63) is 59.0 Å². The van der Waals surface area contributed by atoms with E-state index in [1.54, 1.807) is 23.1 Å². The van der Waals surface area contributed by atoms with Crippen molar-refractivity contribution < 1.29 is 27.4 Å². The van der Waals surface area contributed by atoms with Crippen LogP contribution in [0.25, 0.3) is 6.08 Å². The second-order valence-corrected chi connectivity index (χ2v) is 9.37. The van der Waals surface area contributed by atoms with E-state index in [1.807, 2.05) is 51.1 Å². The topological polar surface area (TPSA) is 85.4 Å². The predicted molar refractivity (Wildman–Crippen MR) is 132 cm³/mol. The van der Waals surface area contributed by atoms with Crippen LogP contribution < -0.4 is 14.2 Å². The molecule has 0 unspecified atom stereocenters. The Balaban J connectivity index is 1.72. The van der Waals surface area contributed by atoms with E-state index in [0.29, 0.717) is 55.7 Å². The first-order valence-electron chi connectivity index (χ1n) is 11.5. The Bertz CT molecular complexity index is 1070. The zero-order valence-electron chi connectivity index (χ0n) is 19.9. The molecule has 1 fully saturated rings. The van der Waals surface area contributed by atoms with E-state index in [2.05, 4.69) is 0 Å². The van der Waals surface area contributed by atoms with Crippen LogP contribution in [0.1, 0.15) is 36.7 Å². The standard InChI is InChI=1S/C25H32N2O6S/c1-4-31-22-18-21(19-23(32-5-2)24(22)33-6-3)25(28)26-13-15-27(16-14-26)34(29,30)17-12-20-10-8-7-9-11-20/h7-12,17-19H,4-6,13-16H2,1-3H3/b17-12+. The molecule has 1 amide bonds. The number of carbonyl (C=O) groups is 1. The summed E-state index contributed by atoms with van der Waals surface area (Å²) in [4.78, 5) is 14.9. The number of amides is 1. The zero-order valence-corrected chi connectivity index (χ0v) is 20.7. The Morgan fingerprint density at radius 2 is 1.44 bits per heavy atom. The number of benzene rings is 2. The SMILES string of the molecule is CCOc1cc(C(=O)N2CCN(S(=O)(=O)/C=C/c3ccccc3)CC2)cc(OCC)c1OCC. The molecule has 34 heavy (non-hydrogen) atoms. The highest BCUT2D eigenvalue weighted by atomic mass is 32.2. The van der Waals surface area contributed by atoms with Crippen LogP contribution in [0.3, 0.4) is 0 Å². The third-order valence-corrected chi connectivity index (χ3v) is 6.84. The fourth-order valence-corrected chi connectivity index (χ4v) is 4.83. The molecule has 2 aromatic carbocycles. The lowest BCUT2D eigenvalue weighted by molar-refractivity contribution is 0.0697. The lowest BCUT2D eigenvalue weighted by Gasteiger charge is -2.33. The molecule has 1 aliphatic rings. The van der Waals surface area contributed by atoms with E-state index in [-0.39, 0.29) is 19.0 Å². The quantitative estimate of drug-likeness (QED) is 0.508. The monoisotopic (exact) mass is 488 g/mol. The normalized spacial score (nSPS) is 14.9. The number of hydrogen-bond acceptors (Lipinski definition) is 6. The van der Waals surface area contributed by atoms with Crippen LogP contribution in [0, 0.1) is 0 Å². The Kier molecular flexibility index (Phi) is 8.95. The highest BCUT2D eigenvalue weighted by Gasteiger charge is 2.29. The smallest absolute Gasteiger partial charge is 0.254 e. The van der Waals surface area contributed by atoms with E-state index in [9.17, 15) is 13.2 Å². The van der Waals surface area contributed by atoms with Crippen molar-refractivity contribution in [1.82, 2.24) is 9.21 Å². The number of sulfonamides is 1. The summed E-state index contributed by atoms with van der Waals surface area (Å²) in [5, 5.41) is 1.22. The van der Waals surface area contributed by atoms with Gasteiger partial charge >= 0.3 is 0 Å². The Labute approximate surface area is 201 Å². The summed E-state index contributed by atoms with van der Waals surface area (Å²) >= 11 is 0. The molecule has 0 aliphatic carbocycles. The van der Waals surface area contributed by atoms with Crippen molar-refractivity contribution in [2.24, 2.45) is 0 Å². The second kappa shape index (κ2) is 11.9. The van der Waals surface area contributed by atoms with Crippen LogP contribution >= 0.6 is 0 Å². The zero-order chi connectivity index (χ0) is 24.6. The summed E-state index contributed by atoms with van der Waals surface area (Å²) in [6.07, 6.45) is 1.58. The van der Waals surface area contributed by atoms with Gasteiger partial charge in [0, 0.05) is 37.2 Å². The molecule has 0 N–H and O–H groups in total. The van der Waals surface area contributed by atoms with Gasteiger partial charge in [0.1, 0.15) is 0 Å². The maximum Gasteiger partial charge on any atom is 0.254 e. The van der Waals surface area contributed by atoms with Crippen molar-refractivity contribution in [3.63, 3.8) is 0 Å². The van der Waals surface area contributed by atoms with Gasteiger partial charge in [-0.2, -0.15) is 4.31 Å². The summed E-state index contributed by atoms with van der Waals surface area (Å²) in [6.45, 7) is 7.87. The maximum atomic E-state index is 13.2. The number of nitrogens with zero attached hydrogens (tertiary/aromatic N) is 2. The molecular formula is C25H32N2O6S. The summed E-state index contributed by atoms with van der Waals surface area (Å²) < 4.78 is 44.0. The first-order valence-corrected chi connectivity index (χ1v) is 13.0. The van der Waals surface area contributed by atoms with Gasteiger partial charge in [-0.15, -0.1) is 0 Å². The van der Waals surface area contributed by atoms with E-state index < -0.39 is 10.0 Å². The van der Waals surface area contributed by atoms with E-state index >= 15 is 0 Å². The van der Waals surface area contributed by atoms with E-state index in [4.69, 9.17) is 14.2 Å². The van der Waals surface area contributed by atoms with Crippen LogP contribution in [0.2, 0.25) is 0 Å². The maximum absolute atomic E-state index is 13.2. The molecule has 184 valence electrons. The molecular weight excluding hydrogens is 456 g/mol. The molecule has 2 aromatic rings. The summed E-state index contributed by atoms with van der Waals surface area (Å²) in [5.74, 6) is 1.17. The Morgan fingerprint density at radius 1 is 0.882 bits per heavy atom. The minimum absolute atomic E-state index is 0.207. The van der Waals surface area contributed by atoms with Crippen LogP contribution in [-0.4, -0.2) is 69.5 Å². The largest absolute Gasteiger partial charge is 0.490 e. The molecule has 8 nitrogen and oxygen atoms in total. The lowest BCUT2D eigenvalue weighted by Crippen LogP contribution is -2.50. The summed E-state index contributed by atoms with van der Waals surface area (Å²) in [6, 6.07) is 12.6. The number of ether oxygens (including phenoxy) is 3. The molecule has 1 saturated heterocycles. The third-order valence-electron chi connectivity index (χ3n) is 5.27. The number of carbonyl (C=O) groups excluding carboxylic acids is 1. The van der Waals surface area contributed by atoms with Crippen LogP contribution in [0.4, 0.5) is 0 Å². The van der Waals surface area contributed by atoms with Crippen LogP contribution in [0.15, 0.2) is 47.9 Å². The van der Waals surface area contributed by atoms with Crippen molar-refractivity contribution >= 4 is 22.0 Å². The average molecular weight is 489 g/mol. The highest BCUT2D eigenvalue weighted by Crippen LogP contribution is 2.39. The molecule has 3 rings (SSSR count). The van der Waals surface area contributed by atoms with Gasteiger partial charge in [0.05, 0.1) is 19.8 Å². The second-order valence-electron chi connectivity index (χ2n) is 7.55. The molecule has 0 radical (unpaired) electrons. The number of piperazine rings is 1. The molecule has 9 heteroatoms. The molecule has 1 heterocycles. The van der Waals surface area contributed by atoms with Gasteiger partial charge in [-0.25, -0.2) is 8.42 Å². The third kappa shape index (κ3) is 6.30. The van der Waals surface area contributed by atoms with Crippen molar-refractivity contribution in [2.45, 2.75) is 20.8 Å². The number of hydrogen-bond donors (Lipinski definition) is 0. The van der Waals surface area contributed by atoms with Gasteiger partial charge in [-0.1, -0.05) is 30.3 Å². The molecule has 0 atom stereocenters.